The van der Waals surface area contributed by atoms with E-state index in [0.29, 0.717) is 0 Å². The lowest BCUT2D eigenvalue weighted by Crippen LogP contribution is -2.40. The van der Waals surface area contributed by atoms with Crippen molar-refractivity contribution >= 4 is 11.9 Å². The Morgan fingerprint density at radius 1 is 0.810 bits per heavy atom. The minimum absolute atomic E-state index is 0.0994. The van der Waals surface area contributed by atoms with Crippen LogP contribution in [-0.2, 0) is 19.1 Å². The first-order valence-electron chi connectivity index (χ1n) is 7.62. The van der Waals surface area contributed by atoms with Gasteiger partial charge in [-0.2, -0.15) is 0 Å². The molecular weight excluding hydrogens is 268 g/mol. The van der Waals surface area contributed by atoms with Crippen molar-refractivity contribution in [2.45, 2.75) is 59.2 Å². The third kappa shape index (κ3) is 3.66. The summed E-state index contributed by atoms with van der Waals surface area (Å²) in [7, 11) is 0. The summed E-state index contributed by atoms with van der Waals surface area (Å²) in [5.41, 5.74) is -1.08. The van der Waals surface area contributed by atoms with Crippen molar-refractivity contribution in [2.24, 2.45) is 23.7 Å². The molecule has 1 fully saturated rings. The van der Waals surface area contributed by atoms with E-state index in [0.717, 1.165) is 6.42 Å². The van der Waals surface area contributed by atoms with Crippen LogP contribution in [0.25, 0.3) is 0 Å². The molecule has 2 aliphatic rings. The Balaban J connectivity index is 2.17. The number of carbonyl (C=O) groups is 2. The highest BCUT2D eigenvalue weighted by atomic mass is 16.6. The van der Waals surface area contributed by atoms with E-state index >= 15 is 0 Å². The average Bonchev–Trinajstić information content (AvgIpc) is 2.82. The fourth-order valence-corrected chi connectivity index (χ4v) is 3.20. The highest BCUT2D eigenvalue weighted by molar-refractivity contribution is 5.84. The molecule has 0 aromatic carbocycles. The second-order valence-corrected chi connectivity index (χ2v) is 8.07. The number of hydrogen-bond donors (Lipinski definition) is 0. The van der Waals surface area contributed by atoms with E-state index in [1.54, 1.807) is 0 Å². The van der Waals surface area contributed by atoms with Crippen LogP contribution in [0.2, 0.25) is 0 Å². The van der Waals surface area contributed by atoms with E-state index < -0.39 is 23.0 Å². The van der Waals surface area contributed by atoms with Crippen LogP contribution in [0.1, 0.15) is 48.0 Å². The van der Waals surface area contributed by atoms with Crippen molar-refractivity contribution in [1.29, 1.82) is 0 Å². The third-order valence-corrected chi connectivity index (χ3v) is 3.82. The maximum absolute atomic E-state index is 12.5. The summed E-state index contributed by atoms with van der Waals surface area (Å²) in [5, 5.41) is 0. The van der Waals surface area contributed by atoms with Gasteiger partial charge in [0.2, 0.25) is 0 Å². The molecule has 0 amide bonds. The number of hydrogen-bond acceptors (Lipinski definition) is 4. The molecule has 0 heterocycles. The average molecular weight is 294 g/mol. The Labute approximate surface area is 126 Å². The van der Waals surface area contributed by atoms with Gasteiger partial charge in [-0.15, -0.1) is 0 Å². The Kier molecular flexibility index (Phi) is 3.94. The highest BCUT2D eigenvalue weighted by Crippen LogP contribution is 2.49. The van der Waals surface area contributed by atoms with Crippen molar-refractivity contribution < 1.29 is 19.1 Å². The van der Waals surface area contributed by atoms with Crippen molar-refractivity contribution in [3.8, 4) is 0 Å². The molecule has 4 nitrogen and oxygen atoms in total. The minimum atomic E-state index is -0.541. The first-order valence-corrected chi connectivity index (χ1v) is 7.62. The fourth-order valence-electron chi connectivity index (χ4n) is 3.20. The molecule has 2 rings (SSSR count). The fraction of sp³-hybridized carbons (Fsp3) is 0.765. The van der Waals surface area contributed by atoms with Crippen LogP contribution in [-0.4, -0.2) is 23.1 Å². The number of fused-ring (bicyclic) bond motifs is 2. The molecule has 0 saturated heterocycles. The van der Waals surface area contributed by atoms with E-state index in [4.69, 9.17) is 9.47 Å². The van der Waals surface area contributed by atoms with E-state index in [1.807, 2.05) is 53.7 Å². The maximum atomic E-state index is 12.5. The summed E-state index contributed by atoms with van der Waals surface area (Å²) in [6.45, 7) is 11.1. The molecule has 1 saturated carbocycles. The van der Waals surface area contributed by atoms with Crippen molar-refractivity contribution in [2.75, 3.05) is 0 Å². The molecule has 21 heavy (non-hydrogen) atoms. The van der Waals surface area contributed by atoms with E-state index in [1.165, 1.54) is 0 Å². The molecule has 0 aliphatic heterocycles. The van der Waals surface area contributed by atoms with Crippen molar-refractivity contribution in [3.05, 3.63) is 12.2 Å². The molecular formula is C17H26O4. The lowest BCUT2D eigenvalue weighted by molar-refractivity contribution is -0.173. The predicted octanol–water partition coefficient (Wildman–Crippen LogP) is 3.11. The molecule has 0 aromatic rings. The molecule has 2 aliphatic carbocycles. The van der Waals surface area contributed by atoms with Crippen LogP contribution < -0.4 is 0 Å². The van der Waals surface area contributed by atoms with Crippen LogP contribution >= 0.6 is 0 Å². The summed E-state index contributed by atoms with van der Waals surface area (Å²) in [5.74, 6) is -1.18. The van der Waals surface area contributed by atoms with E-state index in [-0.39, 0.29) is 23.8 Å². The number of allylic oxidation sites excluding steroid dienone is 2. The lowest BCUT2D eigenvalue weighted by Gasteiger charge is -2.30. The Bertz CT molecular complexity index is 422. The second kappa shape index (κ2) is 5.15. The van der Waals surface area contributed by atoms with Gasteiger partial charge in [-0.25, -0.2) is 0 Å². The van der Waals surface area contributed by atoms with Gasteiger partial charge in [-0.05, 0) is 59.8 Å². The second-order valence-electron chi connectivity index (χ2n) is 8.07. The Morgan fingerprint density at radius 2 is 1.14 bits per heavy atom. The highest BCUT2D eigenvalue weighted by Gasteiger charge is 2.54. The molecule has 0 radical (unpaired) electrons. The van der Waals surface area contributed by atoms with Crippen molar-refractivity contribution in [1.82, 2.24) is 0 Å². The number of carbonyl (C=O) groups excluding carboxylic acids is 2. The Hall–Kier alpha value is -1.32. The molecule has 4 unspecified atom stereocenters. The van der Waals surface area contributed by atoms with Crippen LogP contribution in [0.3, 0.4) is 0 Å². The van der Waals surface area contributed by atoms with Gasteiger partial charge in [0.05, 0.1) is 11.8 Å². The summed E-state index contributed by atoms with van der Waals surface area (Å²) < 4.78 is 11.0. The monoisotopic (exact) mass is 294 g/mol. The Morgan fingerprint density at radius 3 is 1.43 bits per heavy atom. The van der Waals surface area contributed by atoms with Gasteiger partial charge in [0.15, 0.2) is 0 Å². The van der Waals surface area contributed by atoms with Crippen LogP contribution in [0, 0.1) is 23.7 Å². The summed E-state index contributed by atoms with van der Waals surface area (Å²) >= 11 is 0. The molecule has 4 atom stereocenters. The summed E-state index contributed by atoms with van der Waals surface area (Å²) in [6.07, 6.45) is 4.92. The molecule has 0 N–H and O–H groups in total. The van der Waals surface area contributed by atoms with Gasteiger partial charge >= 0.3 is 11.9 Å². The molecule has 0 spiro atoms. The summed E-state index contributed by atoms with van der Waals surface area (Å²) in [6, 6.07) is 0. The van der Waals surface area contributed by atoms with Gasteiger partial charge in [-0.1, -0.05) is 12.2 Å². The number of esters is 2. The molecule has 118 valence electrons. The zero-order valence-electron chi connectivity index (χ0n) is 13.8. The van der Waals surface area contributed by atoms with Gasteiger partial charge in [-0.3, -0.25) is 9.59 Å². The predicted molar refractivity (Wildman–Crippen MR) is 79.4 cm³/mol. The standard InChI is InChI=1S/C17H26O4/c1-16(2,3)20-14(18)12-10-7-8-11(9-10)13(12)15(19)21-17(4,5)6/h7-8,10-13H,9H2,1-6H3. The van der Waals surface area contributed by atoms with Crippen LogP contribution in [0.4, 0.5) is 0 Å². The lowest BCUT2D eigenvalue weighted by atomic mass is 9.83. The zero-order valence-corrected chi connectivity index (χ0v) is 13.8. The van der Waals surface area contributed by atoms with E-state index in [2.05, 4.69) is 0 Å². The maximum Gasteiger partial charge on any atom is 0.310 e. The minimum Gasteiger partial charge on any atom is -0.460 e. The van der Waals surface area contributed by atoms with Gasteiger partial charge < -0.3 is 9.47 Å². The first-order chi connectivity index (χ1) is 9.48. The normalized spacial score (nSPS) is 31.3. The van der Waals surface area contributed by atoms with Crippen LogP contribution in [0.15, 0.2) is 12.2 Å². The van der Waals surface area contributed by atoms with Gasteiger partial charge in [0.25, 0.3) is 0 Å². The van der Waals surface area contributed by atoms with E-state index in [9.17, 15) is 9.59 Å². The molecule has 4 heteroatoms. The van der Waals surface area contributed by atoms with Gasteiger partial charge in [0, 0.05) is 0 Å². The molecule has 0 aromatic heterocycles. The quantitative estimate of drug-likeness (QED) is 0.580. The number of ether oxygens (including phenoxy) is 2. The van der Waals surface area contributed by atoms with Gasteiger partial charge in [0.1, 0.15) is 11.2 Å². The SMILES string of the molecule is CC(C)(C)OC(=O)C1C2C=CC(C2)C1C(=O)OC(C)(C)C. The van der Waals surface area contributed by atoms with Crippen molar-refractivity contribution in [3.63, 3.8) is 0 Å². The zero-order chi connectivity index (χ0) is 16.0. The topological polar surface area (TPSA) is 52.6 Å². The smallest absolute Gasteiger partial charge is 0.310 e. The molecule has 2 bridgehead atoms. The number of rotatable bonds is 2. The largest absolute Gasteiger partial charge is 0.460 e. The third-order valence-electron chi connectivity index (χ3n) is 3.82. The first kappa shape index (κ1) is 16.1. The summed E-state index contributed by atoms with van der Waals surface area (Å²) in [4.78, 5) is 24.9. The van der Waals surface area contributed by atoms with Crippen LogP contribution in [0.5, 0.6) is 0 Å².